The quantitative estimate of drug-likeness (QED) is 0.462. The van der Waals surface area contributed by atoms with Gasteiger partial charge in [-0.2, -0.15) is 0 Å². The Bertz CT molecular complexity index is 1090. The van der Waals surface area contributed by atoms with Crippen molar-refractivity contribution in [3.8, 4) is 0 Å². The van der Waals surface area contributed by atoms with E-state index < -0.39 is 6.04 Å². The van der Waals surface area contributed by atoms with Gasteiger partial charge in [-0.3, -0.25) is 14.5 Å². The molecule has 31 heavy (non-hydrogen) atoms. The predicted molar refractivity (Wildman–Crippen MR) is 128 cm³/mol. The first-order valence-corrected chi connectivity index (χ1v) is 11.2. The molecule has 2 amide bonds. The number of aryl methyl sites for hydroxylation is 1. The number of carbonyl (C=O) groups is 2. The van der Waals surface area contributed by atoms with Gasteiger partial charge in [-0.25, -0.2) is 0 Å². The molecule has 1 saturated heterocycles. The highest BCUT2D eigenvalue weighted by atomic mass is 79.9. The van der Waals surface area contributed by atoms with Crippen molar-refractivity contribution in [1.29, 1.82) is 0 Å². The average molecular weight is 477 g/mol. The summed E-state index contributed by atoms with van der Waals surface area (Å²) in [6, 6.07) is 22.5. The van der Waals surface area contributed by atoms with E-state index in [0.717, 1.165) is 21.3 Å². The third kappa shape index (κ3) is 4.28. The molecule has 0 aromatic heterocycles. The van der Waals surface area contributed by atoms with Gasteiger partial charge in [0.1, 0.15) is 12.6 Å². The van der Waals surface area contributed by atoms with Crippen LogP contribution in [0.4, 0.5) is 11.4 Å². The Morgan fingerprint density at radius 1 is 0.839 bits per heavy atom. The fourth-order valence-electron chi connectivity index (χ4n) is 3.88. The molecule has 0 spiro atoms. The molecule has 4 rings (SSSR count). The summed E-state index contributed by atoms with van der Waals surface area (Å²) in [7, 11) is 0. The number of anilines is 2. The average Bonchev–Trinajstić information content (AvgIpc) is 2.76. The monoisotopic (exact) mass is 476 g/mol. The van der Waals surface area contributed by atoms with E-state index in [0.29, 0.717) is 11.6 Å². The highest BCUT2D eigenvalue weighted by molar-refractivity contribution is 9.10. The first-order chi connectivity index (χ1) is 14.8. The lowest BCUT2D eigenvalue weighted by molar-refractivity contribution is -0.128. The Hall–Kier alpha value is -2.92. The van der Waals surface area contributed by atoms with E-state index in [1.807, 2.05) is 79.7 Å². The van der Waals surface area contributed by atoms with Crippen LogP contribution in [0.3, 0.4) is 0 Å². The second kappa shape index (κ2) is 8.67. The SMILES string of the molecule is Cc1ccc(N2CC(=O)N(c3ccc(Br)cc3)C(c3ccc(C(C)C)cc3)C2=O)cc1. The first kappa shape index (κ1) is 21.3. The molecule has 1 fully saturated rings. The molecule has 1 atom stereocenters. The molecule has 0 aliphatic carbocycles. The summed E-state index contributed by atoms with van der Waals surface area (Å²) in [5, 5.41) is 0. The smallest absolute Gasteiger partial charge is 0.255 e. The van der Waals surface area contributed by atoms with Crippen molar-refractivity contribution in [3.05, 3.63) is 94.0 Å². The third-order valence-corrected chi connectivity index (χ3v) is 6.22. The van der Waals surface area contributed by atoms with Crippen LogP contribution >= 0.6 is 15.9 Å². The zero-order chi connectivity index (χ0) is 22.1. The van der Waals surface area contributed by atoms with Gasteiger partial charge >= 0.3 is 0 Å². The molecule has 3 aromatic rings. The molecule has 1 aliphatic heterocycles. The number of hydrogen-bond donors (Lipinski definition) is 0. The minimum atomic E-state index is -0.718. The summed E-state index contributed by atoms with van der Waals surface area (Å²) in [4.78, 5) is 30.3. The molecule has 1 heterocycles. The number of hydrogen-bond acceptors (Lipinski definition) is 2. The van der Waals surface area contributed by atoms with Crippen molar-refractivity contribution < 1.29 is 9.59 Å². The molecule has 158 valence electrons. The molecule has 3 aromatic carbocycles. The summed E-state index contributed by atoms with van der Waals surface area (Å²) >= 11 is 3.45. The number of rotatable bonds is 4. The van der Waals surface area contributed by atoms with Crippen LogP contribution in [0.2, 0.25) is 0 Å². The number of nitrogens with zero attached hydrogens (tertiary/aromatic N) is 2. The molecular weight excluding hydrogens is 452 g/mol. The Kier molecular flexibility index (Phi) is 5.96. The number of carbonyl (C=O) groups excluding carboxylic acids is 2. The summed E-state index contributed by atoms with van der Waals surface area (Å²) in [6.45, 7) is 6.29. The molecular formula is C26H25BrN2O2. The van der Waals surface area contributed by atoms with E-state index in [1.165, 1.54) is 5.56 Å². The van der Waals surface area contributed by atoms with Gasteiger partial charge in [0.05, 0.1) is 0 Å². The lowest BCUT2D eigenvalue weighted by Gasteiger charge is -2.40. The number of piperazine rings is 1. The highest BCUT2D eigenvalue weighted by Crippen LogP contribution is 2.35. The summed E-state index contributed by atoms with van der Waals surface area (Å²) in [5.74, 6) is 0.175. The third-order valence-electron chi connectivity index (χ3n) is 5.69. The van der Waals surface area contributed by atoms with Gasteiger partial charge in [-0.1, -0.05) is 71.7 Å². The fourth-order valence-corrected chi connectivity index (χ4v) is 4.15. The van der Waals surface area contributed by atoms with E-state index in [1.54, 1.807) is 9.80 Å². The number of amides is 2. The highest BCUT2D eigenvalue weighted by Gasteiger charge is 2.41. The van der Waals surface area contributed by atoms with Crippen LogP contribution in [0, 0.1) is 6.92 Å². The minimum Gasteiger partial charge on any atom is -0.301 e. The maximum absolute atomic E-state index is 13.7. The Morgan fingerprint density at radius 2 is 1.42 bits per heavy atom. The summed E-state index contributed by atoms with van der Waals surface area (Å²) in [6.07, 6.45) is 0. The van der Waals surface area contributed by atoms with Crippen LogP contribution in [0.25, 0.3) is 0 Å². The molecule has 1 unspecified atom stereocenters. The van der Waals surface area contributed by atoms with Gasteiger partial charge in [0, 0.05) is 15.8 Å². The van der Waals surface area contributed by atoms with Crippen molar-refractivity contribution >= 4 is 39.1 Å². The van der Waals surface area contributed by atoms with Crippen LogP contribution in [-0.2, 0) is 9.59 Å². The van der Waals surface area contributed by atoms with E-state index in [4.69, 9.17) is 0 Å². The molecule has 0 N–H and O–H groups in total. The lowest BCUT2D eigenvalue weighted by atomic mass is 9.95. The van der Waals surface area contributed by atoms with Gasteiger partial charge in [-0.15, -0.1) is 0 Å². The van der Waals surface area contributed by atoms with Crippen molar-refractivity contribution in [1.82, 2.24) is 0 Å². The fraction of sp³-hybridized carbons (Fsp3) is 0.231. The normalized spacial score (nSPS) is 16.9. The zero-order valence-corrected chi connectivity index (χ0v) is 19.5. The molecule has 4 nitrogen and oxygen atoms in total. The van der Waals surface area contributed by atoms with Gasteiger partial charge in [-0.05, 0) is 60.4 Å². The van der Waals surface area contributed by atoms with Crippen molar-refractivity contribution in [3.63, 3.8) is 0 Å². The van der Waals surface area contributed by atoms with Gasteiger partial charge in [0.25, 0.3) is 5.91 Å². The van der Waals surface area contributed by atoms with Crippen LogP contribution in [0.5, 0.6) is 0 Å². The Labute approximate surface area is 191 Å². The second-order valence-corrected chi connectivity index (χ2v) is 9.14. The number of halogens is 1. The standard InChI is InChI=1S/C26H25BrN2O2/c1-17(2)19-6-8-20(9-7-19)25-26(31)28(22-12-4-18(3)5-13-22)16-24(30)29(25)23-14-10-21(27)11-15-23/h4-15,17,25H,16H2,1-3H3. The topological polar surface area (TPSA) is 40.6 Å². The van der Waals surface area contributed by atoms with Crippen molar-refractivity contribution in [2.75, 3.05) is 16.3 Å². The summed E-state index contributed by atoms with van der Waals surface area (Å²) in [5.41, 5.74) is 4.56. The minimum absolute atomic E-state index is 0.0124. The van der Waals surface area contributed by atoms with Gasteiger partial charge in [0.2, 0.25) is 5.91 Å². The zero-order valence-electron chi connectivity index (χ0n) is 17.9. The second-order valence-electron chi connectivity index (χ2n) is 8.22. The largest absolute Gasteiger partial charge is 0.301 e. The van der Waals surface area contributed by atoms with E-state index in [2.05, 4.69) is 29.8 Å². The Morgan fingerprint density at radius 3 is 2.00 bits per heavy atom. The van der Waals surface area contributed by atoms with Crippen molar-refractivity contribution in [2.24, 2.45) is 0 Å². The van der Waals surface area contributed by atoms with Crippen LogP contribution < -0.4 is 9.80 Å². The van der Waals surface area contributed by atoms with E-state index >= 15 is 0 Å². The van der Waals surface area contributed by atoms with E-state index in [9.17, 15) is 9.59 Å². The van der Waals surface area contributed by atoms with Crippen LogP contribution in [-0.4, -0.2) is 18.4 Å². The molecule has 0 bridgehead atoms. The predicted octanol–water partition coefficient (Wildman–Crippen LogP) is 6.00. The molecule has 1 aliphatic rings. The molecule has 5 heteroatoms. The van der Waals surface area contributed by atoms with E-state index in [-0.39, 0.29) is 18.4 Å². The molecule has 0 saturated carbocycles. The van der Waals surface area contributed by atoms with Gasteiger partial charge in [0.15, 0.2) is 0 Å². The van der Waals surface area contributed by atoms with Crippen LogP contribution in [0.1, 0.15) is 42.5 Å². The maximum Gasteiger partial charge on any atom is 0.255 e. The van der Waals surface area contributed by atoms with Crippen molar-refractivity contribution in [2.45, 2.75) is 32.7 Å². The maximum atomic E-state index is 13.7. The first-order valence-electron chi connectivity index (χ1n) is 10.4. The Balaban J connectivity index is 1.79. The van der Waals surface area contributed by atoms with Gasteiger partial charge < -0.3 is 4.90 Å². The molecule has 0 radical (unpaired) electrons. The number of benzene rings is 3. The summed E-state index contributed by atoms with van der Waals surface area (Å²) < 4.78 is 0.922. The lowest BCUT2D eigenvalue weighted by Crippen LogP contribution is -2.56. The van der Waals surface area contributed by atoms with Crippen LogP contribution in [0.15, 0.2) is 77.3 Å².